The molecule has 3 rings (SSSR count). The van der Waals surface area contributed by atoms with Gasteiger partial charge in [-0.1, -0.05) is 12.8 Å². The van der Waals surface area contributed by atoms with Crippen molar-refractivity contribution in [2.45, 2.75) is 63.5 Å². The van der Waals surface area contributed by atoms with E-state index in [-0.39, 0.29) is 6.04 Å². The van der Waals surface area contributed by atoms with Crippen LogP contribution in [0.1, 0.15) is 51.4 Å². The van der Waals surface area contributed by atoms with Crippen LogP contribution in [0.5, 0.6) is 0 Å². The Labute approximate surface area is 122 Å². The fourth-order valence-electron chi connectivity index (χ4n) is 3.90. The Balaban J connectivity index is 1.77. The Hall–Kier alpha value is -0.170. The maximum atomic E-state index is 12.9. The number of nitrogens with one attached hydrogen (secondary N) is 1. The molecule has 0 bridgehead atoms. The first-order valence-electron chi connectivity index (χ1n) is 8.20. The number of hydrogen-bond acceptors (Lipinski definition) is 3. The molecule has 116 valence electrons. The molecule has 3 aliphatic rings. The van der Waals surface area contributed by atoms with Gasteiger partial charge in [0.05, 0.1) is 0 Å². The van der Waals surface area contributed by atoms with Gasteiger partial charge in [0.2, 0.25) is 0 Å². The molecule has 3 saturated heterocycles. The van der Waals surface area contributed by atoms with E-state index in [4.69, 9.17) is 0 Å². The van der Waals surface area contributed by atoms with Gasteiger partial charge in [0.1, 0.15) is 0 Å². The molecule has 0 amide bonds. The van der Waals surface area contributed by atoms with Gasteiger partial charge in [0, 0.05) is 31.7 Å². The SMILES string of the molecule is O=S(=O)(N1CCCCC1)N1CCCCC1C1CCCN1. The summed E-state index contributed by atoms with van der Waals surface area (Å²) in [4.78, 5) is 0. The first-order chi connectivity index (χ1) is 9.69. The van der Waals surface area contributed by atoms with Crippen LogP contribution in [-0.4, -0.2) is 55.3 Å². The van der Waals surface area contributed by atoms with Crippen molar-refractivity contribution in [3.8, 4) is 0 Å². The molecule has 3 aliphatic heterocycles. The van der Waals surface area contributed by atoms with Gasteiger partial charge >= 0.3 is 0 Å². The van der Waals surface area contributed by atoms with E-state index < -0.39 is 10.2 Å². The van der Waals surface area contributed by atoms with Crippen LogP contribution in [0, 0.1) is 0 Å². The Morgan fingerprint density at radius 1 is 0.850 bits per heavy atom. The van der Waals surface area contributed by atoms with Crippen molar-refractivity contribution in [1.82, 2.24) is 13.9 Å². The van der Waals surface area contributed by atoms with Crippen molar-refractivity contribution in [1.29, 1.82) is 0 Å². The van der Waals surface area contributed by atoms with E-state index in [1.165, 1.54) is 12.8 Å². The number of rotatable bonds is 3. The third kappa shape index (κ3) is 2.89. The fourth-order valence-corrected chi connectivity index (χ4v) is 5.87. The lowest BCUT2D eigenvalue weighted by Crippen LogP contribution is -2.57. The Morgan fingerprint density at radius 2 is 1.60 bits per heavy atom. The van der Waals surface area contributed by atoms with E-state index >= 15 is 0 Å². The largest absolute Gasteiger partial charge is 0.312 e. The van der Waals surface area contributed by atoms with Crippen molar-refractivity contribution in [2.75, 3.05) is 26.2 Å². The highest BCUT2D eigenvalue weighted by molar-refractivity contribution is 7.86. The molecule has 0 radical (unpaired) electrons. The lowest BCUT2D eigenvalue weighted by molar-refractivity contribution is 0.192. The van der Waals surface area contributed by atoms with E-state index in [2.05, 4.69) is 5.32 Å². The Bertz CT molecular complexity index is 414. The Kier molecular flexibility index (Phi) is 4.65. The highest BCUT2D eigenvalue weighted by atomic mass is 32.2. The van der Waals surface area contributed by atoms with Crippen LogP contribution in [0.25, 0.3) is 0 Å². The highest BCUT2D eigenvalue weighted by Gasteiger charge is 2.40. The summed E-state index contributed by atoms with van der Waals surface area (Å²) >= 11 is 0. The van der Waals surface area contributed by atoms with Crippen molar-refractivity contribution < 1.29 is 8.42 Å². The maximum absolute atomic E-state index is 12.9. The summed E-state index contributed by atoms with van der Waals surface area (Å²) in [7, 11) is -3.25. The summed E-state index contributed by atoms with van der Waals surface area (Å²) in [5.41, 5.74) is 0. The quantitative estimate of drug-likeness (QED) is 0.855. The molecular formula is C14H27N3O2S. The lowest BCUT2D eigenvalue weighted by atomic mass is 9.97. The van der Waals surface area contributed by atoms with Crippen LogP contribution in [0.4, 0.5) is 0 Å². The number of nitrogens with zero attached hydrogens (tertiary/aromatic N) is 2. The topological polar surface area (TPSA) is 52.7 Å². The van der Waals surface area contributed by atoms with Crippen LogP contribution < -0.4 is 5.32 Å². The van der Waals surface area contributed by atoms with Crippen LogP contribution in [0.2, 0.25) is 0 Å². The van der Waals surface area contributed by atoms with Crippen LogP contribution in [0.15, 0.2) is 0 Å². The Morgan fingerprint density at radius 3 is 2.30 bits per heavy atom. The first-order valence-corrected chi connectivity index (χ1v) is 9.59. The average Bonchev–Trinajstić information content (AvgIpc) is 3.02. The second-order valence-corrected chi connectivity index (χ2v) is 8.23. The van der Waals surface area contributed by atoms with Gasteiger partial charge in [-0.2, -0.15) is 17.0 Å². The summed E-state index contributed by atoms with van der Waals surface area (Å²) in [6.45, 7) is 3.17. The second-order valence-electron chi connectivity index (χ2n) is 6.34. The third-order valence-corrected chi connectivity index (χ3v) is 7.06. The van der Waals surface area contributed by atoms with E-state index in [1.807, 2.05) is 4.31 Å². The normalized spacial score (nSPS) is 34.4. The van der Waals surface area contributed by atoms with Gasteiger partial charge in [-0.05, 0) is 45.1 Å². The minimum Gasteiger partial charge on any atom is -0.312 e. The predicted molar refractivity (Wildman–Crippen MR) is 79.7 cm³/mol. The molecule has 0 spiro atoms. The summed E-state index contributed by atoms with van der Waals surface area (Å²) < 4.78 is 29.4. The fraction of sp³-hybridized carbons (Fsp3) is 1.00. The van der Waals surface area contributed by atoms with Crippen molar-refractivity contribution in [3.05, 3.63) is 0 Å². The van der Waals surface area contributed by atoms with Crippen molar-refractivity contribution in [3.63, 3.8) is 0 Å². The second kappa shape index (κ2) is 6.30. The minimum absolute atomic E-state index is 0.179. The average molecular weight is 301 g/mol. The summed E-state index contributed by atoms with van der Waals surface area (Å²) in [6, 6.07) is 0.549. The van der Waals surface area contributed by atoms with E-state index in [0.717, 1.165) is 45.1 Å². The van der Waals surface area contributed by atoms with Gasteiger partial charge in [0.25, 0.3) is 10.2 Å². The molecule has 0 aromatic heterocycles. The van der Waals surface area contributed by atoms with Crippen LogP contribution in [0.3, 0.4) is 0 Å². The van der Waals surface area contributed by atoms with Gasteiger partial charge in [0.15, 0.2) is 0 Å². The molecule has 0 aromatic carbocycles. The molecule has 0 aliphatic carbocycles. The lowest BCUT2D eigenvalue weighted by Gasteiger charge is -2.41. The van der Waals surface area contributed by atoms with Gasteiger partial charge in [-0.25, -0.2) is 0 Å². The summed E-state index contributed by atoms with van der Waals surface area (Å²) in [5.74, 6) is 0. The molecule has 3 fully saturated rings. The summed E-state index contributed by atoms with van der Waals surface area (Å²) in [6.07, 6.45) is 8.68. The third-order valence-electron chi connectivity index (χ3n) is 5.00. The van der Waals surface area contributed by atoms with Gasteiger partial charge < -0.3 is 5.32 Å². The molecule has 0 saturated carbocycles. The van der Waals surface area contributed by atoms with Gasteiger partial charge in [-0.15, -0.1) is 0 Å². The van der Waals surface area contributed by atoms with Crippen molar-refractivity contribution in [2.24, 2.45) is 0 Å². The zero-order chi connectivity index (χ0) is 14.0. The van der Waals surface area contributed by atoms with Crippen molar-refractivity contribution >= 4 is 10.2 Å². The molecular weight excluding hydrogens is 274 g/mol. The smallest absolute Gasteiger partial charge is 0.282 e. The van der Waals surface area contributed by atoms with E-state index in [0.29, 0.717) is 25.7 Å². The standard InChI is InChI=1S/C14H27N3O2S/c18-20(19,16-10-3-1-4-11-16)17-12-5-2-8-14(17)13-7-6-9-15-13/h13-15H,1-12H2. The van der Waals surface area contributed by atoms with E-state index in [9.17, 15) is 8.42 Å². The van der Waals surface area contributed by atoms with Crippen LogP contribution in [-0.2, 0) is 10.2 Å². The molecule has 6 heteroatoms. The van der Waals surface area contributed by atoms with Crippen LogP contribution >= 0.6 is 0 Å². The maximum Gasteiger partial charge on any atom is 0.282 e. The zero-order valence-electron chi connectivity index (χ0n) is 12.3. The molecule has 3 heterocycles. The molecule has 2 atom stereocenters. The minimum atomic E-state index is -3.25. The first kappa shape index (κ1) is 14.8. The zero-order valence-corrected chi connectivity index (χ0v) is 13.1. The molecule has 5 nitrogen and oxygen atoms in total. The summed E-state index contributed by atoms with van der Waals surface area (Å²) in [5, 5.41) is 3.51. The van der Waals surface area contributed by atoms with Gasteiger partial charge in [-0.3, -0.25) is 0 Å². The monoisotopic (exact) mass is 301 g/mol. The highest BCUT2D eigenvalue weighted by Crippen LogP contribution is 2.29. The molecule has 2 unspecified atom stereocenters. The van der Waals surface area contributed by atoms with E-state index in [1.54, 1.807) is 4.31 Å². The molecule has 1 N–H and O–H groups in total. The number of piperidine rings is 2. The predicted octanol–water partition coefficient (Wildman–Crippen LogP) is 1.32. The number of hydrogen-bond donors (Lipinski definition) is 1. The molecule has 20 heavy (non-hydrogen) atoms. The molecule has 0 aromatic rings.